The smallest absolute Gasteiger partial charge is 0.409 e. The monoisotopic (exact) mass is 505 g/mol. The summed E-state index contributed by atoms with van der Waals surface area (Å²) >= 11 is 0. The average Bonchev–Trinajstić information content (AvgIpc) is 2.87. The van der Waals surface area contributed by atoms with Gasteiger partial charge in [0.05, 0.1) is 38.0 Å². The lowest BCUT2D eigenvalue weighted by atomic mass is 10.2. The lowest BCUT2D eigenvalue weighted by Crippen LogP contribution is -2.51. The van der Waals surface area contributed by atoms with Crippen LogP contribution < -0.4 is 14.8 Å². The van der Waals surface area contributed by atoms with E-state index in [1.54, 1.807) is 34.9 Å². The third-order valence-corrected chi connectivity index (χ3v) is 7.45. The molecule has 10 nitrogen and oxygen atoms in total. The summed E-state index contributed by atoms with van der Waals surface area (Å²) < 4.78 is 42.6. The predicted molar refractivity (Wildman–Crippen MR) is 130 cm³/mol. The Morgan fingerprint density at radius 1 is 0.971 bits per heavy atom. The molecule has 0 aliphatic carbocycles. The Labute approximate surface area is 205 Å². The van der Waals surface area contributed by atoms with Crippen molar-refractivity contribution in [1.29, 1.82) is 0 Å². The second-order valence-corrected chi connectivity index (χ2v) is 9.86. The molecule has 1 heterocycles. The molecule has 2 aromatic carbocycles. The highest BCUT2D eigenvalue weighted by Crippen LogP contribution is 2.39. The SMILES string of the molecule is CCOC(=O)N1CCN(C(=O)CNc2cc(OC)cc(S(=O)(=O)c3ccc(C)cc3)c2OC)CC1. The van der Waals surface area contributed by atoms with Crippen molar-refractivity contribution >= 4 is 27.5 Å². The predicted octanol–water partition coefficient (Wildman–Crippen LogP) is 2.56. The number of anilines is 1. The molecule has 2 amide bonds. The van der Waals surface area contributed by atoms with E-state index in [1.807, 2.05) is 6.92 Å². The molecule has 0 aromatic heterocycles. The van der Waals surface area contributed by atoms with E-state index in [9.17, 15) is 18.0 Å². The van der Waals surface area contributed by atoms with Gasteiger partial charge in [0, 0.05) is 38.3 Å². The highest BCUT2D eigenvalue weighted by molar-refractivity contribution is 7.91. The van der Waals surface area contributed by atoms with Gasteiger partial charge in [-0.2, -0.15) is 0 Å². The van der Waals surface area contributed by atoms with E-state index < -0.39 is 9.84 Å². The van der Waals surface area contributed by atoms with E-state index in [-0.39, 0.29) is 34.1 Å². The molecule has 0 radical (unpaired) electrons. The molecule has 1 N–H and O–H groups in total. The standard InChI is InChI=1S/C24H31N3O7S/c1-5-34-24(29)27-12-10-26(11-13-27)22(28)16-25-20-14-18(32-3)15-21(23(20)33-4)35(30,31)19-8-6-17(2)7-9-19/h6-9,14-15,25H,5,10-13,16H2,1-4H3. The van der Waals surface area contributed by atoms with Crippen LogP contribution in [0.3, 0.4) is 0 Å². The van der Waals surface area contributed by atoms with E-state index in [0.717, 1.165) is 5.56 Å². The van der Waals surface area contributed by atoms with E-state index in [4.69, 9.17) is 14.2 Å². The molecule has 0 bridgehead atoms. The van der Waals surface area contributed by atoms with Crippen molar-refractivity contribution in [2.75, 3.05) is 58.9 Å². The molecule has 2 aromatic rings. The van der Waals surface area contributed by atoms with Gasteiger partial charge >= 0.3 is 6.09 Å². The van der Waals surface area contributed by atoms with Crippen LogP contribution in [0.25, 0.3) is 0 Å². The van der Waals surface area contributed by atoms with Crippen LogP contribution in [0.5, 0.6) is 11.5 Å². The summed E-state index contributed by atoms with van der Waals surface area (Å²) in [7, 11) is -1.12. The third kappa shape index (κ3) is 5.97. The number of carbonyl (C=O) groups is 2. The second-order valence-electron chi connectivity index (χ2n) is 7.94. The maximum atomic E-state index is 13.4. The first kappa shape index (κ1) is 26.1. The molecule has 1 saturated heterocycles. The quantitative estimate of drug-likeness (QED) is 0.582. The van der Waals surface area contributed by atoms with E-state index in [0.29, 0.717) is 44.2 Å². The number of piperazine rings is 1. The van der Waals surface area contributed by atoms with Crippen LogP contribution in [0.2, 0.25) is 0 Å². The van der Waals surface area contributed by atoms with Crippen molar-refractivity contribution in [2.45, 2.75) is 23.6 Å². The van der Waals surface area contributed by atoms with Gasteiger partial charge in [-0.1, -0.05) is 17.7 Å². The van der Waals surface area contributed by atoms with Crippen LogP contribution in [-0.4, -0.2) is 83.8 Å². The van der Waals surface area contributed by atoms with Crippen LogP contribution in [0.4, 0.5) is 10.5 Å². The summed E-state index contributed by atoms with van der Waals surface area (Å²) in [6.07, 6.45) is -0.388. The lowest BCUT2D eigenvalue weighted by molar-refractivity contribution is -0.130. The number of methoxy groups -OCH3 is 2. The summed E-state index contributed by atoms with van der Waals surface area (Å²) in [6, 6.07) is 9.50. The number of hydrogen-bond donors (Lipinski definition) is 1. The number of rotatable bonds is 8. The Bertz CT molecular complexity index is 1160. The number of ether oxygens (including phenoxy) is 3. The van der Waals surface area contributed by atoms with Crippen LogP contribution >= 0.6 is 0 Å². The van der Waals surface area contributed by atoms with Crippen molar-refractivity contribution in [3.8, 4) is 11.5 Å². The number of aryl methyl sites for hydroxylation is 1. The summed E-state index contributed by atoms with van der Waals surface area (Å²) in [4.78, 5) is 27.9. The second kappa shape index (κ2) is 11.3. The van der Waals surface area contributed by atoms with Crippen molar-refractivity contribution in [1.82, 2.24) is 9.80 Å². The minimum atomic E-state index is -3.92. The van der Waals surface area contributed by atoms with Crippen LogP contribution in [-0.2, 0) is 19.4 Å². The molecular formula is C24H31N3O7S. The largest absolute Gasteiger partial charge is 0.497 e. The minimum absolute atomic E-state index is 0.0683. The first-order chi connectivity index (χ1) is 16.7. The van der Waals surface area contributed by atoms with Crippen LogP contribution in [0.15, 0.2) is 46.2 Å². The van der Waals surface area contributed by atoms with Crippen molar-refractivity contribution < 1.29 is 32.2 Å². The van der Waals surface area contributed by atoms with Gasteiger partial charge in [0.25, 0.3) is 0 Å². The number of nitrogens with zero attached hydrogens (tertiary/aromatic N) is 2. The minimum Gasteiger partial charge on any atom is -0.497 e. The molecule has 190 valence electrons. The zero-order valence-corrected chi connectivity index (χ0v) is 21.2. The Hall–Kier alpha value is -3.47. The molecular weight excluding hydrogens is 474 g/mol. The van der Waals surface area contributed by atoms with E-state index in [2.05, 4.69) is 5.32 Å². The van der Waals surface area contributed by atoms with Crippen LogP contribution in [0, 0.1) is 6.92 Å². The van der Waals surface area contributed by atoms with Crippen molar-refractivity contribution in [2.24, 2.45) is 0 Å². The van der Waals surface area contributed by atoms with Gasteiger partial charge in [-0.25, -0.2) is 13.2 Å². The summed E-state index contributed by atoms with van der Waals surface area (Å²) in [5.41, 5.74) is 1.25. The molecule has 3 rings (SSSR count). The number of benzene rings is 2. The molecule has 1 aliphatic rings. The number of amides is 2. The van der Waals surface area contributed by atoms with Crippen LogP contribution in [0.1, 0.15) is 12.5 Å². The number of nitrogens with one attached hydrogen (secondary N) is 1. The Kier molecular flexibility index (Phi) is 8.44. The van der Waals surface area contributed by atoms with Gasteiger partial charge < -0.3 is 29.3 Å². The normalized spacial score (nSPS) is 13.8. The summed E-state index contributed by atoms with van der Waals surface area (Å²) in [5.74, 6) is 0.196. The lowest BCUT2D eigenvalue weighted by Gasteiger charge is -2.34. The van der Waals surface area contributed by atoms with Gasteiger partial charge in [-0.3, -0.25) is 4.79 Å². The fourth-order valence-corrected chi connectivity index (χ4v) is 5.17. The van der Waals surface area contributed by atoms with Gasteiger partial charge in [-0.05, 0) is 26.0 Å². The molecule has 0 atom stereocenters. The number of hydrogen-bond acceptors (Lipinski definition) is 8. The maximum Gasteiger partial charge on any atom is 0.409 e. The van der Waals surface area contributed by atoms with Gasteiger partial charge in [0.15, 0.2) is 5.75 Å². The first-order valence-electron chi connectivity index (χ1n) is 11.2. The fraction of sp³-hybridized carbons (Fsp3) is 0.417. The Balaban J connectivity index is 1.78. The first-order valence-corrected chi connectivity index (χ1v) is 12.7. The molecule has 1 aliphatic heterocycles. The number of sulfone groups is 1. The average molecular weight is 506 g/mol. The third-order valence-electron chi connectivity index (χ3n) is 5.68. The highest BCUT2D eigenvalue weighted by atomic mass is 32.2. The molecule has 0 saturated carbocycles. The van der Waals surface area contributed by atoms with Gasteiger partial charge in [0.1, 0.15) is 10.6 Å². The van der Waals surface area contributed by atoms with Gasteiger partial charge in [0.2, 0.25) is 15.7 Å². The fourth-order valence-electron chi connectivity index (χ4n) is 3.72. The number of carbonyl (C=O) groups excluding carboxylic acids is 2. The highest BCUT2D eigenvalue weighted by Gasteiger charge is 2.28. The molecule has 0 unspecified atom stereocenters. The summed E-state index contributed by atoms with van der Waals surface area (Å²) in [6.45, 7) is 5.34. The molecule has 35 heavy (non-hydrogen) atoms. The van der Waals surface area contributed by atoms with E-state index >= 15 is 0 Å². The zero-order valence-electron chi connectivity index (χ0n) is 20.4. The van der Waals surface area contributed by atoms with E-state index in [1.165, 1.54) is 32.4 Å². The zero-order chi connectivity index (χ0) is 25.6. The Morgan fingerprint density at radius 3 is 2.17 bits per heavy atom. The van der Waals surface area contributed by atoms with Crippen molar-refractivity contribution in [3.63, 3.8) is 0 Å². The summed E-state index contributed by atoms with van der Waals surface area (Å²) in [5, 5.41) is 3.00. The Morgan fingerprint density at radius 2 is 1.60 bits per heavy atom. The molecule has 11 heteroatoms. The molecule has 1 fully saturated rings. The van der Waals surface area contributed by atoms with Crippen molar-refractivity contribution in [3.05, 3.63) is 42.0 Å². The molecule has 0 spiro atoms. The van der Waals surface area contributed by atoms with Gasteiger partial charge in [-0.15, -0.1) is 0 Å². The topological polar surface area (TPSA) is 114 Å². The maximum absolute atomic E-state index is 13.4.